The van der Waals surface area contributed by atoms with Crippen LogP contribution in [0.25, 0.3) is 5.57 Å². The predicted molar refractivity (Wildman–Crippen MR) is 127 cm³/mol. The molecule has 6 nitrogen and oxygen atoms in total. The van der Waals surface area contributed by atoms with E-state index in [1.807, 2.05) is 62.4 Å². The summed E-state index contributed by atoms with van der Waals surface area (Å²) in [5.41, 5.74) is 1.92. The highest BCUT2D eigenvalue weighted by atomic mass is 16.6. The average molecular weight is 448 g/mol. The smallest absolute Gasteiger partial charge is 0.408 e. The standard InChI is InChI=1S/C27H29NO5/c1-4-5-17-31-23-13-11-20(12-14-23)18-24-25(29)32-19-22(21-9-7-6-8-10-21)15-16-27(2,3)33-26(30)28-24/h6-15,24H,16-19H2,1-3H3,(H,28,30)/t24-/m0/s1. The van der Waals surface area contributed by atoms with Crippen molar-refractivity contribution in [2.45, 2.75) is 45.3 Å². The number of rotatable bonds is 5. The first-order valence-corrected chi connectivity index (χ1v) is 10.9. The second-order valence-electron chi connectivity index (χ2n) is 8.32. The monoisotopic (exact) mass is 447 g/mol. The molecular formula is C27H29NO5. The molecule has 1 heterocycles. The van der Waals surface area contributed by atoms with Gasteiger partial charge in [0.2, 0.25) is 0 Å². The van der Waals surface area contributed by atoms with Crippen molar-refractivity contribution in [1.82, 2.24) is 5.32 Å². The maximum Gasteiger partial charge on any atom is 0.408 e. The van der Waals surface area contributed by atoms with Crippen LogP contribution in [0, 0.1) is 11.8 Å². The first-order chi connectivity index (χ1) is 15.9. The highest BCUT2D eigenvalue weighted by Gasteiger charge is 2.29. The Labute approximate surface area is 194 Å². The number of hydrogen-bond donors (Lipinski definition) is 1. The van der Waals surface area contributed by atoms with Crippen molar-refractivity contribution in [2.24, 2.45) is 0 Å². The molecule has 1 aliphatic rings. The third-order valence-electron chi connectivity index (χ3n) is 5.15. The second kappa shape index (κ2) is 11.2. The van der Waals surface area contributed by atoms with Gasteiger partial charge in [-0.15, -0.1) is 5.92 Å². The van der Waals surface area contributed by atoms with Crippen molar-refractivity contribution < 1.29 is 23.8 Å². The molecule has 0 unspecified atom stereocenters. The molecule has 172 valence electrons. The van der Waals surface area contributed by atoms with Crippen LogP contribution in [0.1, 0.15) is 38.3 Å². The van der Waals surface area contributed by atoms with Gasteiger partial charge in [0.1, 0.15) is 30.6 Å². The molecule has 0 radical (unpaired) electrons. The van der Waals surface area contributed by atoms with E-state index in [1.54, 1.807) is 19.1 Å². The van der Waals surface area contributed by atoms with E-state index in [9.17, 15) is 9.59 Å². The Bertz CT molecular complexity index is 1050. The third kappa shape index (κ3) is 7.43. The van der Waals surface area contributed by atoms with Crippen LogP contribution in [-0.4, -0.2) is 36.9 Å². The SMILES string of the molecule is CC#CCOc1ccc(C[C@@H]2NC(=O)OC(C)(C)CC=C(c3ccccc3)COC2=O)cc1. The number of carbonyl (C=O) groups is 2. The van der Waals surface area contributed by atoms with E-state index in [4.69, 9.17) is 14.2 Å². The van der Waals surface area contributed by atoms with E-state index in [2.05, 4.69) is 17.2 Å². The summed E-state index contributed by atoms with van der Waals surface area (Å²) in [5, 5.41) is 2.67. The fraction of sp³-hybridized carbons (Fsp3) is 0.333. The van der Waals surface area contributed by atoms with Gasteiger partial charge in [-0.05, 0) is 49.6 Å². The van der Waals surface area contributed by atoms with Gasteiger partial charge < -0.3 is 19.5 Å². The number of esters is 1. The second-order valence-corrected chi connectivity index (χ2v) is 8.32. The van der Waals surface area contributed by atoms with Crippen molar-refractivity contribution in [3.63, 3.8) is 0 Å². The molecule has 1 aliphatic heterocycles. The minimum absolute atomic E-state index is 0.108. The first-order valence-electron chi connectivity index (χ1n) is 10.9. The van der Waals surface area contributed by atoms with Crippen molar-refractivity contribution in [2.75, 3.05) is 13.2 Å². The fourth-order valence-electron chi connectivity index (χ4n) is 3.34. The van der Waals surface area contributed by atoms with Crippen LogP contribution in [-0.2, 0) is 20.7 Å². The minimum atomic E-state index is -0.888. The van der Waals surface area contributed by atoms with Gasteiger partial charge in [0.05, 0.1) is 0 Å². The number of nitrogens with one attached hydrogen (secondary N) is 1. The van der Waals surface area contributed by atoms with Gasteiger partial charge in [0.25, 0.3) is 0 Å². The van der Waals surface area contributed by atoms with Gasteiger partial charge in [-0.25, -0.2) is 9.59 Å². The summed E-state index contributed by atoms with van der Waals surface area (Å²) in [6.45, 7) is 5.85. The summed E-state index contributed by atoms with van der Waals surface area (Å²) >= 11 is 0. The number of carbonyl (C=O) groups excluding carboxylic acids is 2. The zero-order chi connectivity index (χ0) is 23.7. The summed E-state index contributed by atoms with van der Waals surface area (Å²) in [4.78, 5) is 25.4. The van der Waals surface area contributed by atoms with Crippen LogP contribution in [0.2, 0.25) is 0 Å². The molecule has 0 saturated heterocycles. The van der Waals surface area contributed by atoms with E-state index < -0.39 is 23.7 Å². The highest BCUT2D eigenvalue weighted by Crippen LogP contribution is 2.23. The lowest BCUT2D eigenvalue weighted by molar-refractivity contribution is -0.144. The number of alkyl carbamates (subject to hydrolysis) is 1. The Morgan fingerprint density at radius 3 is 2.52 bits per heavy atom. The van der Waals surface area contributed by atoms with Crippen LogP contribution in [0.4, 0.5) is 4.79 Å². The molecule has 3 rings (SSSR count). The molecular weight excluding hydrogens is 418 g/mol. The van der Waals surface area contributed by atoms with Crippen LogP contribution in [0.5, 0.6) is 5.75 Å². The van der Waals surface area contributed by atoms with Crippen molar-refractivity contribution in [1.29, 1.82) is 0 Å². The quantitative estimate of drug-likeness (QED) is 0.538. The van der Waals surface area contributed by atoms with Gasteiger partial charge >= 0.3 is 12.1 Å². The molecule has 1 atom stereocenters. The third-order valence-corrected chi connectivity index (χ3v) is 5.15. The van der Waals surface area contributed by atoms with E-state index in [0.29, 0.717) is 18.8 Å². The molecule has 0 bridgehead atoms. The number of cyclic esters (lactones) is 2. The van der Waals surface area contributed by atoms with Crippen LogP contribution < -0.4 is 10.1 Å². The number of benzene rings is 2. The molecule has 0 saturated carbocycles. The number of ether oxygens (including phenoxy) is 3. The average Bonchev–Trinajstić information content (AvgIpc) is 2.81. The molecule has 1 amide bonds. The van der Waals surface area contributed by atoms with Crippen molar-refractivity contribution in [3.05, 3.63) is 71.8 Å². The van der Waals surface area contributed by atoms with E-state index in [0.717, 1.165) is 16.7 Å². The van der Waals surface area contributed by atoms with Gasteiger partial charge in [-0.1, -0.05) is 54.5 Å². The normalized spacial score (nSPS) is 18.3. The van der Waals surface area contributed by atoms with Crippen molar-refractivity contribution >= 4 is 17.6 Å². The molecule has 0 spiro atoms. The molecule has 1 N–H and O–H groups in total. The highest BCUT2D eigenvalue weighted by molar-refractivity contribution is 5.83. The van der Waals surface area contributed by atoms with Gasteiger partial charge in [-0.2, -0.15) is 0 Å². The zero-order valence-corrected chi connectivity index (χ0v) is 19.2. The maximum atomic E-state index is 12.9. The van der Waals surface area contributed by atoms with Gasteiger partial charge in [0.15, 0.2) is 0 Å². The van der Waals surface area contributed by atoms with Crippen LogP contribution >= 0.6 is 0 Å². The number of amides is 1. The summed E-state index contributed by atoms with van der Waals surface area (Å²) in [5.74, 6) is 5.77. The van der Waals surface area contributed by atoms with E-state index in [-0.39, 0.29) is 13.0 Å². The van der Waals surface area contributed by atoms with Gasteiger partial charge in [0, 0.05) is 12.8 Å². The zero-order valence-electron chi connectivity index (χ0n) is 19.2. The minimum Gasteiger partial charge on any atom is -0.481 e. The summed E-state index contributed by atoms with van der Waals surface area (Å²) in [6, 6.07) is 16.1. The first kappa shape index (κ1) is 23.9. The topological polar surface area (TPSA) is 73.9 Å². The Kier molecular flexibility index (Phi) is 8.15. The van der Waals surface area contributed by atoms with E-state index >= 15 is 0 Å². The lowest BCUT2D eigenvalue weighted by Crippen LogP contribution is -2.45. The largest absolute Gasteiger partial charge is 0.481 e. The Balaban J connectivity index is 1.77. The lowest BCUT2D eigenvalue weighted by atomic mass is 9.99. The predicted octanol–water partition coefficient (Wildman–Crippen LogP) is 4.54. The Morgan fingerprint density at radius 2 is 1.82 bits per heavy atom. The fourth-order valence-corrected chi connectivity index (χ4v) is 3.34. The maximum absolute atomic E-state index is 12.9. The molecule has 2 aromatic rings. The molecule has 0 aromatic heterocycles. The molecule has 33 heavy (non-hydrogen) atoms. The summed E-state index contributed by atoms with van der Waals surface area (Å²) < 4.78 is 16.7. The van der Waals surface area contributed by atoms with Crippen molar-refractivity contribution in [3.8, 4) is 17.6 Å². The summed E-state index contributed by atoms with van der Waals surface area (Å²) in [6.07, 6.45) is 2.04. The Hall–Kier alpha value is -3.72. The van der Waals surface area contributed by atoms with Gasteiger partial charge in [-0.3, -0.25) is 0 Å². The molecule has 2 aromatic carbocycles. The lowest BCUT2D eigenvalue weighted by Gasteiger charge is -2.25. The molecule has 0 aliphatic carbocycles. The van der Waals surface area contributed by atoms with Crippen LogP contribution in [0.15, 0.2) is 60.7 Å². The Morgan fingerprint density at radius 1 is 1.09 bits per heavy atom. The number of hydrogen-bond acceptors (Lipinski definition) is 5. The molecule has 0 fully saturated rings. The molecule has 6 heteroatoms. The van der Waals surface area contributed by atoms with Crippen LogP contribution in [0.3, 0.4) is 0 Å². The van der Waals surface area contributed by atoms with E-state index in [1.165, 1.54) is 0 Å². The summed E-state index contributed by atoms with van der Waals surface area (Å²) in [7, 11) is 0.